The van der Waals surface area contributed by atoms with Gasteiger partial charge in [0, 0.05) is 10.9 Å². The first-order valence-corrected chi connectivity index (χ1v) is 5.77. The van der Waals surface area contributed by atoms with Gasteiger partial charge in [0.1, 0.15) is 0 Å². The summed E-state index contributed by atoms with van der Waals surface area (Å²) in [5.74, 6) is 0.497. The van der Waals surface area contributed by atoms with Crippen molar-refractivity contribution in [3.8, 4) is 0 Å². The van der Waals surface area contributed by atoms with E-state index < -0.39 is 0 Å². The van der Waals surface area contributed by atoms with Gasteiger partial charge in [-0.2, -0.15) is 0 Å². The molecule has 13 heavy (non-hydrogen) atoms. The summed E-state index contributed by atoms with van der Waals surface area (Å²) in [5.41, 5.74) is 7.29. The second-order valence-corrected chi connectivity index (χ2v) is 4.43. The predicted molar refractivity (Wildman–Crippen MR) is 60.0 cm³/mol. The molecule has 1 aromatic carbocycles. The number of nitrogens with two attached hydrogens (primary N) is 1. The Kier molecular flexibility index (Phi) is 3.82. The standard InChI is InChI=1S/C11H17NS/c1-8(2)11(12)9-5-4-6-10(7-9)13-3/h4-8,11H,12H2,1-3H3/t11-/m0/s1. The molecule has 1 nitrogen and oxygen atoms in total. The summed E-state index contributed by atoms with van der Waals surface area (Å²) in [5, 5.41) is 0. The van der Waals surface area contributed by atoms with Gasteiger partial charge in [0.25, 0.3) is 0 Å². The van der Waals surface area contributed by atoms with E-state index in [1.165, 1.54) is 10.5 Å². The number of rotatable bonds is 3. The average Bonchev–Trinajstić information content (AvgIpc) is 2.16. The molecule has 2 heteroatoms. The van der Waals surface area contributed by atoms with E-state index in [1.54, 1.807) is 11.8 Å². The van der Waals surface area contributed by atoms with Crippen LogP contribution < -0.4 is 5.73 Å². The molecule has 0 spiro atoms. The lowest BCUT2D eigenvalue weighted by molar-refractivity contribution is 0.513. The van der Waals surface area contributed by atoms with E-state index in [4.69, 9.17) is 5.73 Å². The maximum atomic E-state index is 6.05. The lowest BCUT2D eigenvalue weighted by atomic mass is 9.97. The lowest BCUT2D eigenvalue weighted by Crippen LogP contribution is -2.16. The minimum atomic E-state index is 0.159. The largest absolute Gasteiger partial charge is 0.324 e. The minimum Gasteiger partial charge on any atom is -0.324 e. The third kappa shape index (κ3) is 2.75. The van der Waals surface area contributed by atoms with Crippen LogP contribution in [0.25, 0.3) is 0 Å². The van der Waals surface area contributed by atoms with Gasteiger partial charge in [-0.05, 0) is 29.9 Å². The van der Waals surface area contributed by atoms with Gasteiger partial charge in [-0.15, -0.1) is 11.8 Å². The van der Waals surface area contributed by atoms with Crippen molar-refractivity contribution in [1.29, 1.82) is 0 Å². The summed E-state index contributed by atoms with van der Waals surface area (Å²) < 4.78 is 0. The Morgan fingerprint density at radius 2 is 2.00 bits per heavy atom. The molecule has 1 aromatic rings. The topological polar surface area (TPSA) is 26.0 Å². The van der Waals surface area contributed by atoms with Crippen molar-refractivity contribution in [2.45, 2.75) is 24.8 Å². The van der Waals surface area contributed by atoms with Gasteiger partial charge in [-0.1, -0.05) is 26.0 Å². The molecule has 0 amide bonds. The van der Waals surface area contributed by atoms with Gasteiger partial charge in [-0.25, -0.2) is 0 Å². The highest BCUT2D eigenvalue weighted by atomic mass is 32.2. The Morgan fingerprint density at radius 1 is 1.31 bits per heavy atom. The van der Waals surface area contributed by atoms with E-state index >= 15 is 0 Å². The first-order valence-electron chi connectivity index (χ1n) is 4.54. The number of benzene rings is 1. The molecular weight excluding hydrogens is 178 g/mol. The molecule has 0 saturated heterocycles. The molecule has 0 saturated carbocycles. The van der Waals surface area contributed by atoms with Crippen LogP contribution in [-0.2, 0) is 0 Å². The zero-order valence-corrected chi connectivity index (χ0v) is 9.27. The van der Waals surface area contributed by atoms with Crippen LogP contribution in [0.1, 0.15) is 25.5 Å². The Hall–Kier alpha value is -0.470. The second kappa shape index (κ2) is 4.68. The van der Waals surface area contributed by atoms with Crippen molar-refractivity contribution in [1.82, 2.24) is 0 Å². The molecule has 0 aromatic heterocycles. The SMILES string of the molecule is CSc1cccc([C@@H](N)C(C)C)c1. The first kappa shape index (κ1) is 10.6. The van der Waals surface area contributed by atoms with Crippen LogP contribution >= 0.6 is 11.8 Å². The maximum absolute atomic E-state index is 6.05. The Bertz CT molecular complexity index is 271. The first-order chi connectivity index (χ1) is 6.15. The van der Waals surface area contributed by atoms with Crippen LogP contribution in [0.3, 0.4) is 0 Å². The Morgan fingerprint density at radius 3 is 2.54 bits per heavy atom. The number of thioether (sulfide) groups is 1. The molecule has 0 bridgehead atoms. The van der Waals surface area contributed by atoms with Crippen molar-refractivity contribution < 1.29 is 0 Å². The normalized spacial score (nSPS) is 13.3. The number of hydrogen-bond donors (Lipinski definition) is 1. The smallest absolute Gasteiger partial charge is 0.0318 e. The van der Waals surface area contributed by atoms with E-state index in [-0.39, 0.29) is 6.04 Å². The lowest BCUT2D eigenvalue weighted by Gasteiger charge is -2.16. The van der Waals surface area contributed by atoms with Gasteiger partial charge in [0.2, 0.25) is 0 Å². The van der Waals surface area contributed by atoms with Crippen LogP contribution in [0.15, 0.2) is 29.2 Å². The summed E-state index contributed by atoms with van der Waals surface area (Å²) in [6, 6.07) is 8.62. The fourth-order valence-electron chi connectivity index (χ4n) is 1.23. The van der Waals surface area contributed by atoms with Gasteiger partial charge in [0.05, 0.1) is 0 Å². The van der Waals surface area contributed by atoms with E-state index in [0.29, 0.717) is 5.92 Å². The zero-order chi connectivity index (χ0) is 9.84. The van der Waals surface area contributed by atoms with Crippen molar-refractivity contribution in [3.63, 3.8) is 0 Å². The highest BCUT2D eigenvalue weighted by Gasteiger charge is 2.09. The highest BCUT2D eigenvalue weighted by molar-refractivity contribution is 7.98. The van der Waals surface area contributed by atoms with Crippen LogP contribution in [0.4, 0.5) is 0 Å². The van der Waals surface area contributed by atoms with Gasteiger partial charge in [0.15, 0.2) is 0 Å². The van der Waals surface area contributed by atoms with Crippen molar-refractivity contribution in [3.05, 3.63) is 29.8 Å². The molecule has 0 heterocycles. The summed E-state index contributed by atoms with van der Waals surface area (Å²) in [6.45, 7) is 4.30. The van der Waals surface area contributed by atoms with Gasteiger partial charge >= 0.3 is 0 Å². The average molecular weight is 195 g/mol. The molecular formula is C11H17NS. The third-order valence-corrected chi connectivity index (χ3v) is 2.92. The zero-order valence-electron chi connectivity index (χ0n) is 8.45. The van der Waals surface area contributed by atoms with Crippen molar-refractivity contribution >= 4 is 11.8 Å². The molecule has 0 aliphatic carbocycles. The van der Waals surface area contributed by atoms with E-state index in [2.05, 4.69) is 44.4 Å². The van der Waals surface area contributed by atoms with E-state index in [0.717, 1.165) is 0 Å². The summed E-state index contributed by atoms with van der Waals surface area (Å²) >= 11 is 1.76. The van der Waals surface area contributed by atoms with E-state index in [9.17, 15) is 0 Å². The van der Waals surface area contributed by atoms with Crippen LogP contribution in [-0.4, -0.2) is 6.26 Å². The van der Waals surface area contributed by atoms with Crippen LogP contribution in [0.5, 0.6) is 0 Å². The monoisotopic (exact) mass is 195 g/mol. The molecule has 1 rings (SSSR count). The quantitative estimate of drug-likeness (QED) is 0.750. The summed E-state index contributed by atoms with van der Waals surface area (Å²) in [6.07, 6.45) is 2.08. The van der Waals surface area contributed by atoms with Gasteiger partial charge in [-0.3, -0.25) is 0 Å². The molecule has 0 radical (unpaired) electrons. The predicted octanol–water partition coefficient (Wildman–Crippen LogP) is 3.06. The fraction of sp³-hybridized carbons (Fsp3) is 0.455. The Labute approximate surface area is 84.7 Å². The molecule has 0 unspecified atom stereocenters. The molecule has 2 N–H and O–H groups in total. The second-order valence-electron chi connectivity index (χ2n) is 3.55. The highest BCUT2D eigenvalue weighted by Crippen LogP contribution is 2.23. The van der Waals surface area contributed by atoms with Crippen LogP contribution in [0, 0.1) is 5.92 Å². The summed E-state index contributed by atoms with van der Waals surface area (Å²) in [4.78, 5) is 1.29. The fourth-order valence-corrected chi connectivity index (χ4v) is 1.70. The number of hydrogen-bond acceptors (Lipinski definition) is 2. The van der Waals surface area contributed by atoms with Gasteiger partial charge < -0.3 is 5.73 Å². The Balaban J connectivity index is 2.88. The maximum Gasteiger partial charge on any atom is 0.0318 e. The molecule has 72 valence electrons. The minimum absolute atomic E-state index is 0.159. The van der Waals surface area contributed by atoms with Crippen molar-refractivity contribution in [2.75, 3.05) is 6.26 Å². The molecule has 0 aliphatic heterocycles. The van der Waals surface area contributed by atoms with Crippen molar-refractivity contribution in [2.24, 2.45) is 11.7 Å². The summed E-state index contributed by atoms with van der Waals surface area (Å²) in [7, 11) is 0. The third-order valence-electron chi connectivity index (χ3n) is 2.20. The van der Waals surface area contributed by atoms with E-state index in [1.807, 2.05) is 0 Å². The molecule has 0 fully saturated rings. The molecule has 0 aliphatic rings. The molecule has 1 atom stereocenters. The van der Waals surface area contributed by atoms with Crippen LogP contribution in [0.2, 0.25) is 0 Å².